The zero-order chi connectivity index (χ0) is 22.1. The van der Waals surface area contributed by atoms with E-state index < -0.39 is 39.1 Å². The number of halogens is 5. The largest absolute Gasteiger partial charge is 0.322 e. The van der Waals surface area contributed by atoms with Crippen LogP contribution in [0.3, 0.4) is 0 Å². The maximum Gasteiger partial charge on any atom is 0.244 e. The molecule has 162 valence electrons. The van der Waals surface area contributed by atoms with E-state index in [0.717, 1.165) is 6.07 Å². The Morgan fingerprint density at radius 1 is 1.00 bits per heavy atom. The van der Waals surface area contributed by atoms with Crippen LogP contribution in [0.4, 0.5) is 18.9 Å². The lowest BCUT2D eigenvalue weighted by Crippen LogP contribution is -2.50. The van der Waals surface area contributed by atoms with Crippen molar-refractivity contribution in [3.05, 3.63) is 57.8 Å². The molecule has 0 aliphatic carbocycles. The van der Waals surface area contributed by atoms with Crippen molar-refractivity contribution in [3.63, 3.8) is 0 Å². The van der Waals surface area contributed by atoms with Gasteiger partial charge in [-0.05, 0) is 30.3 Å². The summed E-state index contributed by atoms with van der Waals surface area (Å²) in [6.45, 7) is 0.469. The minimum atomic E-state index is -3.87. The van der Waals surface area contributed by atoms with Crippen LogP contribution < -0.4 is 5.32 Å². The Kier molecular flexibility index (Phi) is 6.93. The first-order valence-corrected chi connectivity index (χ1v) is 10.9. The topological polar surface area (TPSA) is 69.7 Å². The maximum atomic E-state index is 13.7. The molecule has 3 rings (SSSR count). The van der Waals surface area contributed by atoms with Crippen molar-refractivity contribution in [1.82, 2.24) is 9.21 Å². The molecule has 2 aromatic carbocycles. The molecule has 6 nitrogen and oxygen atoms in total. The maximum absolute atomic E-state index is 13.7. The van der Waals surface area contributed by atoms with E-state index in [9.17, 15) is 26.4 Å². The number of benzene rings is 2. The SMILES string of the molecule is O=C(CN1CCN(S(=O)(=O)c2cc(Cl)ccc2Cl)CC1)Nc1ccc(F)c(F)c1F. The predicted octanol–water partition coefficient (Wildman–Crippen LogP) is 3.36. The van der Waals surface area contributed by atoms with Crippen LogP contribution in [0.5, 0.6) is 0 Å². The van der Waals surface area contributed by atoms with Gasteiger partial charge in [-0.2, -0.15) is 4.31 Å². The van der Waals surface area contributed by atoms with Gasteiger partial charge >= 0.3 is 0 Å². The molecule has 0 bridgehead atoms. The Morgan fingerprint density at radius 2 is 1.67 bits per heavy atom. The normalized spacial score (nSPS) is 15.9. The van der Waals surface area contributed by atoms with E-state index in [1.54, 1.807) is 4.90 Å². The van der Waals surface area contributed by atoms with E-state index >= 15 is 0 Å². The number of nitrogens with zero attached hydrogens (tertiary/aromatic N) is 2. The van der Waals surface area contributed by atoms with Gasteiger partial charge in [0, 0.05) is 31.2 Å². The van der Waals surface area contributed by atoms with Gasteiger partial charge in [0.15, 0.2) is 17.5 Å². The minimum Gasteiger partial charge on any atom is -0.322 e. The second-order valence-corrected chi connectivity index (χ2v) is 9.28. The highest BCUT2D eigenvalue weighted by Crippen LogP contribution is 2.28. The molecule has 1 amide bonds. The lowest BCUT2D eigenvalue weighted by atomic mass is 10.2. The number of hydrogen-bond donors (Lipinski definition) is 1. The highest BCUT2D eigenvalue weighted by molar-refractivity contribution is 7.89. The van der Waals surface area contributed by atoms with Crippen molar-refractivity contribution in [1.29, 1.82) is 0 Å². The molecule has 0 atom stereocenters. The summed E-state index contributed by atoms with van der Waals surface area (Å²) in [7, 11) is -3.87. The monoisotopic (exact) mass is 481 g/mol. The first-order chi connectivity index (χ1) is 14.1. The first kappa shape index (κ1) is 22.8. The molecule has 0 radical (unpaired) electrons. The second kappa shape index (κ2) is 9.11. The molecule has 1 fully saturated rings. The van der Waals surface area contributed by atoms with Crippen LogP contribution in [0.25, 0.3) is 0 Å². The van der Waals surface area contributed by atoms with E-state index in [1.165, 1.54) is 22.5 Å². The number of nitrogens with one attached hydrogen (secondary N) is 1. The molecular weight excluding hydrogens is 466 g/mol. The van der Waals surface area contributed by atoms with Crippen LogP contribution in [0.2, 0.25) is 10.0 Å². The third-order valence-corrected chi connectivity index (χ3v) is 7.13. The molecule has 1 aliphatic rings. The average molecular weight is 482 g/mol. The van der Waals surface area contributed by atoms with Crippen molar-refractivity contribution in [2.45, 2.75) is 4.90 Å². The summed E-state index contributed by atoms with van der Waals surface area (Å²) in [6.07, 6.45) is 0. The number of sulfonamides is 1. The highest BCUT2D eigenvalue weighted by atomic mass is 35.5. The van der Waals surface area contributed by atoms with E-state index in [2.05, 4.69) is 5.32 Å². The van der Waals surface area contributed by atoms with Gasteiger partial charge in [0.2, 0.25) is 15.9 Å². The quantitative estimate of drug-likeness (QED) is 0.664. The van der Waals surface area contributed by atoms with Gasteiger partial charge in [0.05, 0.1) is 17.3 Å². The van der Waals surface area contributed by atoms with Crippen molar-refractivity contribution >= 4 is 44.8 Å². The molecule has 2 aromatic rings. The molecule has 0 spiro atoms. The van der Waals surface area contributed by atoms with Crippen molar-refractivity contribution in [2.75, 3.05) is 38.0 Å². The summed E-state index contributed by atoms with van der Waals surface area (Å²) in [6, 6.07) is 5.78. The van der Waals surface area contributed by atoms with Gasteiger partial charge in [-0.3, -0.25) is 9.69 Å². The molecular formula is C18H16Cl2F3N3O3S. The first-order valence-electron chi connectivity index (χ1n) is 8.70. The van der Waals surface area contributed by atoms with Gasteiger partial charge in [-0.15, -0.1) is 0 Å². The van der Waals surface area contributed by atoms with E-state index in [1.807, 2.05) is 0 Å². The fourth-order valence-corrected chi connectivity index (χ4v) is 5.12. The Morgan fingerprint density at radius 3 is 2.33 bits per heavy atom. The lowest BCUT2D eigenvalue weighted by molar-refractivity contribution is -0.117. The Hall–Kier alpha value is -1.85. The van der Waals surface area contributed by atoms with Crippen LogP contribution in [0.15, 0.2) is 35.2 Å². The molecule has 0 unspecified atom stereocenters. The number of carbonyl (C=O) groups is 1. The number of carbonyl (C=O) groups excluding carboxylic acids is 1. The molecule has 0 saturated carbocycles. The average Bonchev–Trinajstić information content (AvgIpc) is 2.70. The number of rotatable bonds is 5. The zero-order valence-electron chi connectivity index (χ0n) is 15.3. The van der Waals surface area contributed by atoms with Crippen LogP contribution in [0, 0.1) is 17.5 Å². The molecule has 1 heterocycles. The smallest absolute Gasteiger partial charge is 0.244 e. The summed E-state index contributed by atoms with van der Waals surface area (Å²) < 4.78 is 66.7. The van der Waals surface area contributed by atoms with Gasteiger partial charge < -0.3 is 5.32 Å². The molecule has 12 heteroatoms. The summed E-state index contributed by atoms with van der Waals surface area (Å²) in [5.74, 6) is -5.17. The number of piperazine rings is 1. The van der Waals surface area contributed by atoms with Gasteiger partial charge in [0.25, 0.3) is 0 Å². The van der Waals surface area contributed by atoms with E-state index in [4.69, 9.17) is 23.2 Å². The Bertz CT molecular complexity index is 1080. The van der Waals surface area contributed by atoms with Crippen molar-refractivity contribution in [2.24, 2.45) is 0 Å². The zero-order valence-corrected chi connectivity index (χ0v) is 17.7. The summed E-state index contributed by atoms with van der Waals surface area (Å²) in [4.78, 5) is 13.7. The van der Waals surface area contributed by atoms with Gasteiger partial charge in [-0.1, -0.05) is 23.2 Å². The summed E-state index contributed by atoms with van der Waals surface area (Å²) in [5, 5.41) is 2.47. The van der Waals surface area contributed by atoms with Crippen LogP contribution in [-0.4, -0.2) is 56.3 Å². The standard InChI is InChI=1S/C18H16Cl2F3N3O3S/c19-11-1-2-12(20)15(9-11)30(28,29)26-7-5-25(6-8-26)10-16(27)24-14-4-3-13(21)17(22)18(14)23/h1-4,9H,5-8,10H2,(H,24,27). The Labute approximate surface area is 181 Å². The van der Waals surface area contributed by atoms with Gasteiger partial charge in [-0.25, -0.2) is 21.6 Å². The number of anilines is 1. The molecule has 1 N–H and O–H groups in total. The Balaban J connectivity index is 1.60. The molecule has 0 aromatic heterocycles. The van der Waals surface area contributed by atoms with Gasteiger partial charge in [0.1, 0.15) is 4.90 Å². The fraction of sp³-hybridized carbons (Fsp3) is 0.278. The number of amides is 1. The number of hydrogen-bond acceptors (Lipinski definition) is 4. The second-order valence-electron chi connectivity index (χ2n) is 6.53. The third-order valence-electron chi connectivity index (χ3n) is 4.52. The minimum absolute atomic E-state index is 0.0507. The van der Waals surface area contributed by atoms with Crippen molar-refractivity contribution < 1.29 is 26.4 Å². The molecule has 30 heavy (non-hydrogen) atoms. The predicted molar refractivity (Wildman–Crippen MR) is 107 cm³/mol. The van der Waals surface area contributed by atoms with Crippen LogP contribution in [0.1, 0.15) is 0 Å². The fourth-order valence-electron chi connectivity index (χ4n) is 2.96. The summed E-state index contributed by atoms with van der Waals surface area (Å²) >= 11 is 11.9. The van der Waals surface area contributed by atoms with E-state index in [0.29, 0.717) is 6.07 Å². The lowest BCUT2D eigenvalue weighted by Gasteiger charge is -2.33. The molecule has 1 aliphatic heterocycles. The van der Waals surface area contributed by atoms with Crippen molar-refractivity contribution in [3.8, 4) is 0 Å². The van der Waals surface area contributed by atoms with E-state index in [-0.39, 0.29) is 47.7 Å². The molecule has 1 saturated heterocycles. The summed E-state index contributed by atoms with van der Waals surface area (Å²) in [5.41, 5.74) is -0.476. The van der Waals surface area contributed by atoms with Crippen LogP contribution >= 0.6 is 23.2 Å². The van der Waals surface area contributed by atoms with Crippen LogP contribution in [-0.2, 0) is 14.8 Å². The third kappa shape index (κ3) is 4.89. The highest BCUT2D eigenvalue weighted by Gasteiger charge is 2.31.